The molecule has 45 heavy (non-hydrogen) atoms. The highest BCUT2D eigenvalue weighted by Crippen LogP contribution is 2.29. The van der Waals surface area contributed by atoms with Crippen LogP contribution in [0.4, 0.5) is 5.69 Å². The van der Waals surface area contributed by atoms with E-state index in [4.69, 9.17) is 16.3 Å². The average molecular weight is 646 g/mol. The normalized spacial score (nSPS) is 14.0. The van der Waals surface area contributed by atoms with E-state index in [1.807, 2.05) is 36.4 Å². The number of carbonyl (C=O) groups is 2. The molecule has 0 bridgehead atoms. The standard InChI is InChI=1S/C35H36ClN3O5S/c1-26(35(41)37-29-13-8-9-14-29)38(24-27-11-10-12-28(36)23-27)34(40)25-39(45(42,43)33-17-6-3-7-18-33)30-19-21-32(22-20-30)44-31-15-4-2-5-16-31/h2-7,10-12,15-23,26,29H,8-9,13-14,24-25H2,1H3,(H,37,41). The summed E-state index contributed by atoms with van der Waals surface area (Å²) in [6.07, 6.45) is 3.89. The van der Waals surface area contributed by atoms with E-state index in [0.29, 0.717) is 16.5 Å². The highest BCUT2D eigenvalue weighted by molar-refractivity contribution is 7.92. The molecule has 8 nitrogen and oxygen atoms in total. The largest absolute Gasteiger partial charge is 0.457 e. The second kappa shape index (κ2) is 14.6. The topological polar surface area (TPSA) is 96.0 Å². The van der Waals surface area contributed by atoms with Crippen molar-refractivity contribution >= 4 is 39.1 Å². The van der Waals surface area contributed by atoms with Crippen molar-refractivity contribution in [3.63, 3.8) is 0 Å². The Kier molecular flexibility index (Phi) is 10.4. The monoisotopic (exact) mass is 645 g/mol. The minimum Gasteiger partial charge on any atom is -0.457 e. The summed E-state index contributed by atoms with van der Waals surface area (Å²) in [5, 5.41) is 3.57. The van der Waals surface area contributed by atoms with Crippen LogP contribution in [0.1, 0.15) is 38.2 Å². The van der Waals surface area contributed by atoms with E-state index in [-0.39, 0.29) is 29.1 Å². The lowest BCUT2D eigenvalue weighted by molar-refractivity contribution is -0.139. The Labute approximate surface area is 269 Å². The van der Waals surface area contributed by atoms with Gasteiger partial charge in [-0.25, -0.2) is 8.42 Å². The summed E-state index contributed by atoms with van der Waals surface area (Å²) in [6, 6.07) is 29.9. The Morgan fingerprint density at radius 2 is 1.49 bits per heavy atom. The first-order valence-electron chi connectivity index (χ1n) is 15.0. The number of para-hydroxylation sites is 1. The summed E-state index contributed by atoms with van der Waals surface area (Å²) in [4.78, 5) is 29.0. The summed E-state index contributed by atoms with van der Waals surface area (Å²) < 4.78 is 35.0. The number of ether oxygens (including phenoxy) is 1. The Morgan fingerprint density at radius 1 is 0.867 bits per heavy atom. The number of benzene rings is 4. The summed E-state index contributed by atoms with van der Waals surface area (Å²) in [5.41, 5.74) is 0.995. The van der Waals surface area contributed by atoms with E-state index in [1.54, 1.807) is 67.6 Å². The Balaban J connectivity index is 1.46. The zero-order chi connectivity index (χ0) is 31.8. The molecule has 1 atom stereocenters. The number of amides is 2. The maximum Gasteiger partial charge on any atom is 0.264 e. The molecule has 0 radical (unpaired) electrons. The molecular weight excluding hydrogens is 610 g/mol. The molecule has 10 heteroatoms. The van der Waals surface area contributed by atoms with Crippen molar-refractivity contribution in [2.24, 2.45) is 0 Å². The number of hydrogen-bond acceptors (Lipinski definition) is 5. The first-order valence-corrected chi connectivity index (χ1v) is 16.8. The van der Waals surface area contributed by atoms with Crippen molar-refractivity contribution in [1.29, 1.82) is 0 Å². The predicted octanol–water partition coefficient (Wildman–Crippen LogP) is 6.80. The van der Waals surface area contributed by atoms with E-state index in [9.17, 15) is 18.0 Å². The number of hydrogen-bond donors (Lipinski definition) is 1. The summed E-state index contributed by atoms with van der Waals surface area (Å²) in [5.74, 6) is 0.328. The van der Waals surface area contributed by atoms with Gasteiger partial charge >= 0.3 is 0 Å². The first kappa shape index (κ1) is 32.1. The molecule has 0 heterocycles. The number of nitrogens with one attached hydrogen (secondary N) is 1. The van der Waals surface area contributed by atoms with Crippen molar-refractivity contribution in [1.82, 2.24) is 10.2 Å². The van der Waals surface area contributed by atoms with Crippen LogP contribution in [-0.2, 0) is 26.2 Å². The maximum absolute atomic E-state index is 14.2. The lowest BCUT2D eigenvalue weighted by atomic mass is 10.1. The van der Waals surface area contributed by atoms with Crippen LogP contribution in [0.15, 0.2) is 114 Å². The third-order valence-electron chi connectivity index (χ3n) is 7.82. The maximum atomic E-state index is 14.2. The van der Waals surface area contributed by atoms with Gasteiger partial charge in [-0.3, -0.25) is 13.9 Å². The smallest absolute Gasteiger partial charge is 0.264 e. The van der Waals surface area contributed by atoms with Crippen LogP contribution in [-0.4, -0.2) is 43.8 Å². The molecule has 1 fully saturated rings. The molecule has 1 saturated carbocycles. The minimum absolute atomic E-state index is 0.0378. The highest BCUT2D eigenvalue weighted by Gasteiger charge is 2.33. The van der Waals surface area contributed by atoms with Crippen molar-refractivity contribution in [3.05, 3.63) is 120 Å². The van der Waals surface area contributed by atoms with Crippen molar-refractivity contribution in [3.8, 4) is 11.5 Å². The zero-order valence-corrected chi connectivity index (χ0v) is 26.6. The van der Waals surface area contributed by atoms with Crippen molar-refractivity contribution in [2.45, 2.75) is 56.1 Å². The number of carbonyl (C=O) groups excluding carboxylic acids is 2. The van der Waals surface area contributed by atoms with E-state index in [2.05, 4.69) is 5.32 Å². The van der Waals surface area contributed by atoms with Crippen LogP contribution in [0.25, 0.3) is 0 Å². The molecule has 1 aliphatic rings. The first-order chi connectivity index (χ1) is 21.7. The summed E-state index contributed by atoms with van der Waals surface area (Å²) in [7, 11) is -4.18. The number of sulfonamides is 1. The lowest BCUT2D eigenvalue weighted by Crippen LogP contribution is -2.52. The van der Waals surface area contributed by atoms with Gasteiger partial charge in [-0.1, -0.05) is 73.0 Å². The van der Waals surface area contributed by atoms with Gasteiger partial charge in [0.15, 0.2) is 0 Å². The lowest BCUT2D eigenvalue weighted by Gasteiger charge is -2.32. The molecule has 1 unspecified atom stereocenters. The Bertz CT molecular complexity index is 1700. The van der Waals surface area contributed by atoms with Gasteiger partial charge in [-0.05, 0) is 86.0 Å². The Hall–Kier alpha value is -4.34. The molecule has 5 rings (SSSR count). The van der Waals surface area contributed by atoms with Crippen LogP contribution in [0.5, 0.6) is 11.5 Å². The fourth-order valence-electron chi connectivity index (χ4n) is 5.36. The Morgan fingerprint density at radius 3 is 2.13 bits per heavy atom. The fraction of sp³-hybridized carbons (Fsp3) is 0.257. The van der Waals surface area contributed by atoms with E-state index in [1.165, 1.54) is 17.0 Å². The van der Waals surface area contributed by atoms with Crippen LogP contribution in [0.2, 0.25) is 5.02 Å². The van der Waals surface area contributed by atoms with Crippen molar-refractivity contribution < 1.29 is 22.7 Å². The van der Waals surface area contributed by atoms with Crippen molar-refractivity contribution in [2.75, 3.05) is 10.8 Å². The van der Waals surface area contributed by atoms with Gasteiger partial charge in [-0.15, -0.1) is 0 Å². The average Bonchev–Trinajstić information content (AvgIpc) is 3.56. The van der Waals surface area contributed by atoms with E-state index >= 15 is 0 Å². The number of rotatable bonds is 12. The number of nitrogens with zero attached hydrogens (tertiary/aromatic N) is 2. The molecular formula is C35H36ClN3O5S. The second-order valence-electron chi connectivity index (χ2n) is 11.1. The third-order valence-corrected chi connectivity index (χ3v) is 9.85. The number of halogens is 1. The summed E-state index contributed by atoms with van der Waals surface area (Å²) in [6.45, 7) is 1.21. The molecule has 4 aromatic carbocycles. The van der Waals surface area contributed by atoms with Gasteiger partial charge < -0.3 is 15.0 Å². The van der Waals surface area contributed by atoms with Gasteiger partial charge in [-0.2, -0.15) is 0 Å². The quantitative estimate of drug-likeness (QED) is 0.183. The van der Waals surface area contributed by atoms with Gasteiger partial charge in [0.05, 0.1) is 10.6 Å². The SMILES string of the molecule is CC(C(=O)NC1CCCC1)N(Cc1cccc(Cl)c1)C(=O)CN(c1ccc(Oc2ccccc2)cc1)S(=O)(=O)c1ccccc1. The molecule has 1 aliphatic carbocycles. The molecule has 0 spiro atoms. The van der Waals surface area contributed by atoms with Gasteiger partial charge in [0.25, 0.3) is 10.0 Å². The van der Waals surface area contributed by atoms with Gasteiger partial charge in [0, 0.05) is 17.6 Å². The molecule has 2 amide bonds. The molecule has 0 aliphatic heterocycles. The summed E-state index contributed by atoms with van der Waals surface area (Å²) >= 11 is 6.24. The minimum atomic E-state index is -4.18. The van der Waals surface area contributed by atoms with Crippen LogP contribution < -0.4 is 14.4 Å². The van der Waals surface area contributed by atoms with Crippen LogP contribution in [0, 0.1) is 0 Å². The molecule has 0 aromatic heterocycles. The third kappa shape index (κ3) is 8.23. The van der Waals surface area contributed by atoms with Gasteiger partial charge in [0.2, 0.25) is 11.8 Å². The highest BCUT2D eigenvalue weighted by atomic mass is 35.5. The second-order valence-corrected chi connectivity index (χ2v) is 13.3. The molecule has 4 aromatic rings. The molecule has 0 saturated heterocycles. The van der Waals surface area contributed by atoms with E-state index < -0.39 is 28.5 Å². The fourth-order valence-corrected chi connectivity index (χ4v) is 7.01. The van der Waals surface area contributed by atoms with Crippen LogP contribution in [0.3, 0.4) is 0 Å². The zero-order valence-electron chi connectivity index (χ0n) is 25.0. The number of anilines is 1. The molecule has 1 N–H and O–H groups in total. The van der Waals surface area contributed by atoms with Crippen LogP contribution >= 0.6 is 11.6 Å². The van der Waals surface area contributed by atoms with E-state index in [0.717, 1.165) is 35.6 Å². The molecule has 234 valence electrons. The predicted molar refractivity (Wildman–Crippen MR) is 176 cm³/mol. The van der Waals surface area contributed by atoms with Gasteiger partial charge in [0.1, 0.15) is 24.1 Å².